The van der Waals surface area contributed by atoms with Gasteiger partial charge in [-0.2, -0.15) is 0 Å². The number of rotatable bonds is 5. The highest BCUT2D eigenvalue weighted by Crippen LogP contribution is 2.34. The monoisotopic (exact) mass is 216 g/mol. The maximum atomic E-state index is 11.3. The lowest BCUT2D eigenvalue weighted by Crippen LogP contribution is -2.55. The predicted octanol–water partition coefficient (Wildman–Crippen LogP) is 0.634. The molecule has 0 aliphatic heterocycles. The van der Waals surface area contributed by atoms with Crippen LogP contribution in [0.15, 0.2) is 0 Å². The highest BCUT2D eigenvalue weighted by atomic mass is 16.7. The molecule has 15 heavy (non-hydrogen) atoms. The minimum atomic E-state index is -1.12. The molecular formula is C9H16N2O4. The van der Waals surface area contributed by atoms with Crippen LogP contribution in [0, 0.1) is 0 Å². The first-order chi connectivity index (χ1) is 7.08. The van der Waals surface area contributed by atoms with Gasteiger partial charge in [0.15, 0.2) is 6.61 Å². The summed E-state index contributed by atoms with van der Waals surface area (Å²) in [5, 5.41) is 11.1. The molecule has 0 radical (unpaired) electrons. The molecule has 1 fully saturated rings. The first-order valence-corrected chi connectivity index (χ1v) is 5.00. The van der Waals surface area contributed by atoms with Gasteiger partial charge in [-0.05, 0) is 25.7 Å². The van der Waals surface area contributed by atoms with E-state index in [1.54, 1.807) is 0 Å². The Kier molecular flexibility index (Phi) is 3.90. The standard InChI is InChI=1S/C9H16N2O4/c1-2-9(4-3-5-9)10-8(14)11-15-6-7(12)13/h2-6H2,1H3,(H,12,13)(H2,10,11,14). The molecule has 0 spiro atoms. The van der Waals surface area contributed by atoms with Gasteiger partial charge < -0.3 is 10.4 Å². The number of carbonyl (C=O) groups excluding carboxylic acids is 1. The van der Waals surface area contributed by atoms with Crippen LogP contribution in [-0.4, -0.2) is 29.3 Å². The second kappa shape index (κ2) is 4.97. The zero-order chi connectivity index (χ0) is 11.3. The van der Waals surface area contributed by atoms with Crippen molar-refractivity contribution in [3.63, 3.8) is 0 Å². The summed E-state index contributed by atoms with van der Waals surface area (Å²) in [4.78, 5) is 25.8. The Morgan fingerprint density at radius 3 is 2.53 bits per heavy atom. The summed E-state index contributed by atoms with van der Waals surface area (Å²) < 4.78 is 0. The lowest BCUT2D eigenvalue weighted by molar-refractivity contribution is -0.144. The smallest absolute Gasteiger partial charge is 0.339 e. The van der Waals surface area contributed by atoms with Crippen molar-refractivity contribution >= 4 is 12.0 Å². The molecule has 2 amide bonds. The fourth-order valence-electron chi connectivity index (χ4n) is 1.60. The maximum absolute atomic E-state index is 11.3. The largest absolute Gasteiger partial charge is 0.479 e. The Labute approximate surface area is 87.9 Å². The van der Waals surface area contributed by atoms with Crippen LogP contribution in [0.4, 0.5) is 4.79 Å². The van der Waals surface area contributed by atoms with E-state index in [9.17, 15) is 9.59 Å². The van der Waals surface area contributed by atoms with Crippen LogP contribution in [0.2, 0.25) is 0 Å². The quantitative estimate of drug-likeness (QED) is 0.588. The number of carboxylic acids is 1. The van der Waals surface area contributed by atoms with Crippen molar-refractivity contribution in [1.29, 1.82) is 0 Å². The second-order valence-corrected chi connectivity index (χ2v) is 3.73. The van der Waals surface area contributed by atoms with Gasteiger partial charge in [0.05, 0.1) is 0 Å². The van der Waals surface area contributed by atoms with Crippen LogP contribution in [0.3, 0.4) is 0 Å². The van der Waals surface area contributed by atoms with Gasteiger partial charge in [-0.15, -0.1) is 0 Å². The summed E-state index contributed by atoms with van der Waals surface area (Å²) in [7, 11) is 0. The molecule has 6 nitrogen and oxygen atoms in total. The van der Waals surface area contributed by atoms with Crippen molar-refractivity contribution in [2.75, 3.05) is 6.61 Å². The number of hydroxylamine groups is 1. The van der Waals surface area contributed by atoms with Crippen LogP contribution in [0.1, 0.15) is 32.6 Å². The van der Waals surface area contributed by atoms with E-state index in [4.69, 9.17) is 5.11 Å². The van der Waals surface area contributed by atoms with Gasteiger partial charge in [0, 0.05) is 5.54 Å². The summed E-state index contributed by atoms with van der Waals surface area (Å²) in [5.74, 6) is -1.12. The van der Waals surface area contributed by atoms with Gasteiger partial charge >= 0.3 is 12.0 Å². The average molecular weight is 216 g/mol. The first kappa shape index (κ1) is 11.8. The van der Waals surface area contributed by atoms with E-state index in [0.29, 0.717) is 0 Å². The molecular weight excluding hydrogens is 200 g/mol. The number of carboxylic acid groups (broad SMARTS) is 1. The highest BCUT2D eigenvalue weighted by Gasteiger charge is 2.36. The Hall–Kier alpha value is -1.30. The molecule has 0 bridgehead atoms. The number of carbonyl (C=O) groups is 2. The van der Waals surface area contributed by atoms with Crippen molar-refractivity contribution in [2.45, 2.75) is 38.1 Å². The summed E-state index contributed by atoms with van der Waals surface area (Å²) in [6.07, 6.45) is 3.93. The Balaban J connectivity index is 2.20. The van der Waals surface area contributed by atoms with Gasteiger partial charge in [0.1, 0.15) is 0 Å². The number of urea groups is 1. The number of hydrogen-bond donors (Lipinski definition) is 3. The molecule has 1 saturated carbocycles. The number of aliphatic carboxylic acids is 1. The maximum Gasteiger partial charge on any atom is 0.339 e. The summed E-state index contributed by atoms with van der Waals surface area (Å²) >= 11 is 0. The van der Waals surface area contributed by atoms with E-state index in [0.717, 1.165) is 25.7 Å². The molecule has 86 valence electrons. The second-order valence-electron chi connectivity index (χ2n) is 3.73. The van der Waals surface area contributed by atoms with Crippen LogP contribution in [-0.2, 0) is 9.63 Å². The number of amides is 2. The lowest BCUT2D eigenvalue weighted by atomic mass is 9.75. The van der Waals surface area contributed by atoms with E-state index >= 15 is 0 Å². The van der Waals surface area contributed by atoms with E-state index in [2.05, 4.69) is 10.2 Å². The van der Waals surface area contributed by atoms with Crippen molar-refractivity contribution in [1.82, 2.24) is 10.8 Å². The molecule has 0 unspecified atom stereocenters. The number of nitrogens with one attached hydrogen (secondary N) is 2. The zero-order valence-corrected chi connectivity index (χ0v) is 8.71. The summed E-state index contributed by atoms with van der Waals surface area (Å²) in [6, 6.07) is -0.474. The molecule has 0 aromatic carbocycles. The van der Waals surface area contributed by atoms with Gasteiger partial charge in [-0.25, -0.2) is 15.1 Å². The SMILES string of the molecule is CCC1(NC(=O)NOCC(=O)O)CCC1. The summed E-state index contributed by atoms with van der Waals surface area (Å²) in [6.45, 7) is 1.48. The van der Waals surface area contributed by atoms with Gasteiger partial charge in [-0.3, -0.25) is 4.84 Å². The van der Waals surface area contributed by atoms with Crippen molar-refractivity contribution < 1.29 is 19.5 Å². The Morgan fingerprint density at radius 2 is 2.13 bits per heavy atom. The molecule has 1 aliphatic carbocycles. The van der Waals surface area contributed by atoms with Crippen LogP contribution in [0.25, 0.3) is 0 Å². The van der Waals surface area contributed by atoms with Gasteiger partial charge in [-0.1, -0.05) is 6.92 Å². The third kappa shape index (κ3) is 3.39. The molecule has 0 atom stereocenters. The molecule has 0 aromatic heterocycles. The van der Waals surface area contributed by atoms with Crippen molar-refractivity contribution in [3.05, 3.63) is 0 Å². The molecule has 1 rings (SSSR count). The first-order valence-electron chi connectivity index (χ1n) is 5.00. The van der Waals surface area contributed by atoms with E-state index < -0.39 is 18.6 Å². The van der Waals surface area contributed by atoms with E-state index in [-0.39, 0.29) is 5.54 Å². The van der Waals surface area contributed by atoms with Gasteiger partial charge in [0.25, 0.3) is 0 Å². The van der Waals surface area contributed by atoms with Crippen molar-refractivity contribution in [3.8, 4) is 0 Å². The van der Waals surface area contributed by atoms with Crippen LogP contribution >= 0.6 is 0 Å². The third-order valence-electron chi connectivity index (χ3n) is 2.73. The van der Waals surface area contributed by atoms with E-state index in [1.165, 1.54) is 0 Å². The number of hydrogen-bond acceptors (Lipinski definition) is 3. The fraction of sp³-hybridized carbons (Fsp3) is 0.778. The van der Waals surface area contributed by atoms with Crippen LogP contribution < -0.4 is 10.8 Å². The van der Waals surface area contributed by atoms with Crippen LogP contribution in [0.5, 0.6) is 0 Å². The Morgan fingerprint density at radius 1 is 1.47 bits per heavy atom. The molecule has 3 N–H and O–H groups in total. The fourth-order valence-corrected chi connectivity index (χ4v) is 1.60. The third-order valence-corrected chi connectivity index (χ3v) is 2.73. The van der Waals surface area contributed by atoms with E-state index in [1.807, 2.05) is 12.4 Å². The lowest BCUT2D eigenvalue weighted by Gasteiger charge is -2.41. The van der Waals surface area contributed by atoms with Gasteiger partial charge in [0.2, 0.25) is 0 Å². The minimum Gasteiger partial charge on any atom is -0.479 e. The predicted molar refractivity (Wildman–Crippen MR) is 52.1 cm³/mol. The summed E-state index contributed by atoms with van der Waals surface area (Å²) in [5.41, 5.74) is 1.93. The molecule has 0 aromatic rings. The molecule has 0 saturated heterocycles. The normalized spacial score (nSPS) is 17.7. The zero-order valence-electron chi connectivity index (χ0n) is 8.71. The average Bonchev–Trinajstić information content (AvgIpc) is 2.11. The minimum absolute atomic E-state index is 0.114. The molecule has 1 aliphatic rings. The highest BCUT2D eigenvalue weighted by molar-refractivity contribution is 5.74. The Bertz CT molecular complexity index is 245. The molecule has 0 heterocycles. The topological polar surface area (TPSA) is 87.7 Å². The molecule has 6 heteroatoms. The van der Waals surface area contributed by atoms with Crippen molar-refractivity contribution in [2.24, 2.45) is 0 Å².